The van der Waals surface area contributed by atoms with Crippen molar-refractivity contribution in [3.8, 4) is 17.2 Å². The molecule has 316 valence electrons. The lowest BCUT2D eigenvalue weighted by Crippen LogP contribution is -2.56. The number of amides is 2. The van der Waals surface area contributed by atoms with Crippen LogP contribution in [0.1, 0.15) is 12.8 Å². The number of hydrogen-bond acceptors (Lipinski definition) is 14. The van der Waals surface area contributed by atoms with Gasteiger partial charge in [0, 0.05) is 29.5 Å². The summed E-state index contributed by atoms with van der Waals surface area (Å²) in [5, 5.41) is 23.3. The third kappa shape index (κ3) is 7.15. The molecule has 1 saturated carbocycles. The van der Waals surface area contributed by atoms with Gasteiger partial charge in [0.1, 0.15) is 41.8 Å². The van der Waals surface area contributed by atoms with Crippen molar-refractivity contribution >= 4 is 90.9 Å². The van der Waals surface area contributed by atoms with Crippen LogP contribution in [0.4, 0.5) is 25.8 Å². The molecular weight excluding hydrogens is 869 g/mol. The van der Waals surface area contributed by atoms with Crippen molar-refractivity contribution in [2.24, 2.45) is 0 Å². The fourth-order valence-corrected chi connectivity index (χ4v) is 12.2. The van der Waals surface area contributed by atoms with Crippen LogP contribution in [-0.2, 0) is 50.1 Å². The lowest BCUT2D eigenvalue weighted by atomic mass is 10.1. The third-order valence-corrected chi connectivity index (χ3v) is 16.4. The number of hydrogen-bond donors (Lipinski definition) is 5. The highest BCUT2D eigenvalue weighted by Crippen LogP contribution is 2.43. The van der Waals surface area contributed by atoms with Gasteiger partial charge in [-0.05, 0) is 60.0 Å². The molecule has 8 rings (SSSR count). The maximum atomic E-state index is 16.6. The van der Waals surface area contributed by atoms with Gasteiger partial charge in [0.2, 0.25) is 20.0 Å². The molecule has 0 aromatic heterocycles. The molecule has 1 unspecified atom stereocenters. The van der Waals surface area contributed by atoms with Crippen molar-refractivity contribution in [3.63, 3.8) is 0 Å². The number of carbonyl (C=O) groups is 2. The summed E-state index contributed by atoms with van der Waals surface area (Å²) >= 11 is 0. The minimum absolute atomic E-state index is 0.0764. The summed E-state index contributed by atoms with van der Waals surface area (Å²) in [5.41, 5.74) is -1.55. The molecule has 1 atom stereocenters. The molecule has 0 spiro atoms. The number of benzene rings is 4. The summed E-state index contributed by atoms with van der Waals surface area (Å²) in [6, 6.07) is 9.61. The standard InChI is InChI=1S/C33H33F2N7O13S4/c1-56(47,48)39-14-20(15-39)36-19-4-2-17-11-26(44)31(29(35)23(17)12-19)42-32(38-57(49,50)22-6-7-22)33(46)40(59(42,53)54)8-9-55-21-5-3-18-10-25(43)30(28(34)24(18)13-21)41-16-27(45)37-58(41,51)52/h2-5,10-13,20,22,32,36,38,43-44H,6-9,14-16H2,1H3,(H,37,45). The normalized spacial score (nSPS) is 21.0. The monoisotopic (exact) mass is 901 g/mol. The van der Waals surface area contributed by atoms with Crippen LogP contribution in [0, 0.1) is 11.6 Å². The first-order chi connectivity index (χ1) is 27.6. The van der Waals surface area contributed by atoms with Gasteiger partial charge in [-0.1, -0.05) is 12.1 Å². The molecule has 4 aliphatic rings. The SMILES string of the molecule is CS(=O)(=O)N1CC(Nc2ccc3cc(O)c(N4C(NS(=O)(=O)C5CC5)C(=O)N(CCOc5ccc6cc(O)c(N7CC(=O)NS7(=O)=O)c(F)c6c5)S4(=O)=O)c(F)c3c2)C1. The second-order valence-electron chi connectivity index (χ2n) is 14.2. The molecule has 1 aliphatic carbocycles. The maximum absolute atomic E-state index is 16.6. The van der Waals surface area contributed by atoms with Crippen LogP contribution >= 0.6 is 0 Å². The molecule has 2 amide bonds. The second-order valence-corrected chi connectivity index (χ2v) is 21.5. The van der Waals surface area contributed by atoms with Crippen LogP contribution in [0.15, 0.2) is 48.5 Å². The van der Waals surface area contributed by atoms with Crippen molar-refractivity contribution in [2.45, 2.75) is 30.3 Å². The van der Waals surface area contributed by atoms with Gasteiger partial charge in [-0.25, -0.2) is 43.3 Å². The lowest BCUT2D eigenvalue weighted by Gasteiger charge is -2.38. The number of fused-ring (bicyclic) bond motifs is 2. The van der Waals surface area contributed by atoms with E-state index in [1.165, 1.54) is 34.6 Å². The Morgan fingerprint density at radius 1 is 0.881 bits per heavy atom. The first-order valence-corrected chi connectivity index (χ1v) is 23.8. The molecule has 5 N–H and O–H groups in total. The Labute approximate surface area is 335 Å². The molecule has 20 nitrogen and oxygen atoms in total. The molecule has 0 radical (unpaired) electrons. The first-order valence-electron chi connectivity index (χ1n) is 17.5. The van der Waals surface area contributed by atoms with Gasteiger partial charge < -0.3 is 20.3 Å². The van der Waals surface area contributed by atoms with E-state index in [2.05, 4.69) is 10.0 Å². The van der Waals surface area contributed by atoms with Crippen LogP contribution < -0.4 is 28.1 Å². The van der Waals surface area contributed by atoms with Crippen LogP contribution in [0.5, 0.6) is 17.2 Å². The van der Waals surface area contributed by atoms with Crippen LogP contribution in [-0.4, -0.2) is 121 Å². The third-order valence-electron chi connectivity index (χ3n) is 10.1. The zero-order valence-corrected chi connectivity index (χ0v) is 33.6. The highest BCUT2D eigenvalue weighted by atomic mass is 32.2. The lowest BCUT2D eigenvalue weighted by molar-refractivity contribution is -0.126. The Balaban J connectivity index is 1.08. The van der Waals surface area contributed by atoms with Crippen molar-refractivity contribution in [1.29, 1.82) is 0 Å². The van der Waals surface area contributed by atoms with Gasteiger partial charge >= 0.3 is 20.4 Å². The van der Waals surface area contributed by atoms with Gasteiger partial charge in [0.15, 0.2) is 17.8 Å². The van der Waals surface area contributed by atoms with Crippen molar-refractivity contribution in [3.05, 3.63) is 60.2 Å². The molecule has 3 aliphatic heterocycles. The number of phenolic OH excluding ortho intramolecular Hbond substituents is 2. The van der Waals surface area contributed by atoms with Gasteiger partial charge in [-0.15, -0.1) is 0 Å². The highest BCUT2D eigenvalue weighted by Gasteiger charge is 2.55. The molecule has 0 bridgehead atoms. The Kier molecular flexibility index (Phi) is 9.54. The van der Waals surface area contributed by atoms with Crippen molar-refractivity contribution in [1.82, 2.24) is 18.1 Å². The number of halogens is 2. The number of anilines is 3. The number of ether oxygens (including phenoxy) is 1. The number of sulfonamides is 2. The van der Waals surface area contributed by atoms with Gasteiger partial charge in [-0.3, -0.25) is 9.59 Å². The highest BCUT2D eigenvalue weighted by molar-refractivity contribution is 7.92. The summed E-state index contributed by atoms with van der Waals surface area (Å²) in [6.45, 7) is -2.00. The summed E-state index contributed by atoms with van der Waals surface area (Å²) < 4.78 is 147. The van der Waals surface area contributed by atoms with Gasteiger partial charge in [0.05, 0.1) is 24.1 Å². The van der Waals surface area contributed by atoms with E-state index in [1.807, 2.05) is 0 Å². The predicted octanol–water partition coefficient (Wildman–Crippen LogP) is 0.299. The average molecular weight is 902 g/mol. The zero-order valence-electron chi connectivity index (χ0n) is 30.4. The molecule has 3 heterocycles. The Morgan fingerprint density at radius 3 is 2.10 bits per heavy atom. The maximum Gasteiger partial charge on any atom is 0.330 e. The average Bonchev–Trinajstić information content (AvgIpc) is 3.92. The predicted molar refractivity (Wildman–Crippen MR) is 207 cm³/mol. The van der Waals surface area contributed by atoms with E-state index in [4.69, 9.17) is 4.74 Å². The molecule has 3 saturated heterocycles. The minimum Gasteiger partial charge on any atom is -0.506 e. The fraction of sp³-hybridized carbons (Fsp3) is 0.333. The summed E-state index contributed by atoms with van der Waals surface area (Å²) in [6.07, 6.45) is -0.803. The Hall–Kier alpha value is -5.28. The second kappa shape index (κ2) is 13.9. The molecule has 26 heteroatoms. The number of nitrogens with zero attached hydrogens (tertiary/aromatic N) is 4. The number of nitrogens with one attached hydrogen (secondary N) is 3. The van der Waals surface area contributed by atoms with Crippen molar-refractivity contribution < 1.29 is 67.0 Å². The van der Waals surface area contributed by atoms with Crippen molar-refractivity contribution in [2.75, 3.05) is 53.0 Å². The molecule has 4 fully saturated rings. The number of phenols is 2. The molecular formula is C33H33F2N7O13S4. The van der Waals surface area contributed by atoms with E-state index in [-0.39, 0.29) is 67.9 Å². The smallest absolute Gasteiger partial charge is 0.330 e. The van der Waals surface area contributed by atoms with Crippen LogP contribution in [0.3, 0.4) is 0 Å². The minimum atomic E-state index is -5.20. The number of rotatable bonds is 12. The molecule has 59 heavy (non-hydrogen) atoms. The van der Waals surface area contributed by atoms with E-state index in [9.17, 15) is 53.5 Å². The van der Waals surface area contributed by atoms with E-state index in [0.717, 1.165) is 24.5 Å². The van der Waals surface area contributed by atoms with E-state index in [1.54, 1.807) is 4.72 Å². The quantitative estimate of drug-likeness (QED) is 0.128. The number of carbonyl (C=O) groups excluding carboxylic acids is 2. The molecule has 4 aromatic rings. The molecule has 4 aromatic carbocycles. The van der Waals surface area contributed by atoms with Gasteiger partial charge in [-0.2, -0.15) is 25.9 Å². The summed E-state index contributed by atoms with van der Waals surface area (Å²) in [4.78, 5) is 25.6. The largest absolute Gasteiger partial charge is 0.506 e. The van der Waals surface area contributed by atoms with E-state index >= 15 is 8.78 Å². The topological polar surface area (TPSA) is 269 Å². The van der Waals surface area contributed by atoms with Crippen LogP contribution in [0.2, 0.25) is 0 Å². The summed E-state index contributed by atoms with van der Waals surface area (Å²) in [5.74, 6) is -6.78. The van der Waals surface area contributed by atoms with E-state index in [0.29, 0.717) is 9.99 Å². The van der Waals surface area contributed by atoms with Gasteiger partial charge in [0.25, 0.3) is 11.8 Å². The number of aromatic hydroxyl groups is 2. The Bertz CT molecular complexity index is 2950. The zero-order chi connectivity index (χ0) is 42.6. The Morgan fingerprint density at radius 2 is 1.49 bits per heavy atom. The van der Waals surface area contributed by atoms with E-state index < -0.39 is 118 Å². The first kappa shape index (κ1) is 40.5. The van der Waals surface area contributed by atoms with Crippen LogP contribution in [0.25, 0.3) is 21.5 Å². The summed E-state index contributed by atoms with van der Waals surface area (Å²) in [7, 11) is -17.5. The fourth-order valence-electron chi connectivity index (χ4n) is 6.98.